The fraction of sp³-hybridized carbons (Fsp3) is 0.632. The zero-order valence-electron chi connectivity index (χ0n) is 16.6. The number of hydrogen-bond acceptors (Lipinski definition) is 7. The first-order valence-electron chi connectivity index (χ1n) is 9.70. The van der Waals surface area contributed by atoms with Crippen molar-refractivity contribution in [2.75, 3.05) is 13.1 Å². The van der Waals surface area contributed by atoms with E-state index < -0.39 is 32.8 Å². The van der Waals surface area contributed by atoms with Gasteiger partial charge in [-0.2, -0.15) is 0 Å². The van der Waals surface area contributed by atoms with Crippen molar-refractivity contribution in [1.29, 1.82) is 0 Å². The second-order valence-electron chi connectivity index (χ2n) is 6.38. The van der Waals surface area contributed by atoms with Crippen LogP contribution in [0.25, 0.3) is 0 Å². The molecule has 0 heterocycles. The molecule has 158 valence electrons. The van der Waals surface area contributed by atoms with Crippen LogP contribution in [0.4, 0.5) is 11.4 Å². The zero-order valence-corrected chi connectivity index (χ0v) is 16.6. The lowest BCUT2D eigenvalue weighted by Crippen LogP contribution is -2.22. The molecule has 0 saturated carbocycles. The summed E-state index contributed by atoms with van der Waals surface area (Å²) in [5.74, 6) is -1.63. The van der Waals surface area contributed by atoms with Crippen molar-refractivity contribution in [1.82, 2.24) is 5.32 Å². The maximum atomic E-state index is 10.4. The van der Waals surface area contributed by atoms with Gasteiger partial charge in [0.25, 0.3) is 0 Å². The van der Waals surface area contributed by atoms with Gasteiger partial charge in [0.15, 0.2) is 0 Å². The van der Waals surface area contributed by atoms with Gasteiger partial charge in [-0.1, -0.05) is 52.4 Å². The number of carboxylic acid groups (broad SMARTS) is 1. The largest absolute Gasteiger partial charge is 0.545 e. The number of rotatable bonds is 13. The van der Waals surface area contributed by atoms with Gasteiger partial charge >= 0.3 is 11.4 Å². The highest BCUT2D eigenvalue weighted by molar-refractivity contribution is 5.87. The number of hydrogen-bond donors (Lipinski definition) is 1. The third-order valence-electron chi connectivity index (χ3n) is 4.02. The van der Waals surface area contributed by atoms with E-state index in [2.05, 4.69) is 19.2 Å². The summed E-state index contributed by atoms with van der Waals surface area (Å²) in [5, 5.41) is 34.6. The number of nitro benzene ring substituents is 2. The van der Waals surface area contributed by atoms with Crippen LogP contribution in [0.3, 0.4) is 0 Å². The van der Waals surface area contributed by atoms with Crippen LogP contribution < -0.4 is 10.4 Å². The van der Waals surface area contributed by atoms with Gasteiger partial charge in [-0.15, -0.1) is 0 Å². The molecule has 0 radical (unpaired) electrons. The predicted molar refractivity (Wildman–Crippen MR) is 105 cm³/mol. The quantitative estimate of drug-likeness (QED) is 0.305. The molecule has 0 aliphatic rings. The van der Waals surface area contributed by atoms with E-state index >= 15 is 0 Å². The van der Waals surface area contributed by atoms with E-state index in [0.717, 1.165) is 12.1 Å². The van der Waals surface area contributed by atoms with Crippen molar-refractivity contribution in [3.8, 4) is 0 Å². The summed E-state index contributed by atoms with van der Waals surface area (Å²) in [5.41, 5.74) is -2.11. The summed E-state index contributed by atoms with van der Waals surface area (Å²) in [6.45, 7) is 6.95. The summed E-state index contributed by atoms with van der Waals surface area (Å²) in [7, 11) is 0. The Morgan fingerprint density at radius 3 is 1.93 bits per heavy atom. The maximum absolute atomic E-state index is 10.4. The summed E-state index contributed by atoms with van der Waals surface area (Å²) >= 11 is 0. The van der Waals surface area contributed by atoms with E-state index in [-0.39, 0.29) is 0 Å². The third kappa shape index (κ3) is 11.2. The minimum atomic E-state index is -1.63. The molecular formula is C19H30N3O6-. The summed E-state index contributed by atoms with van der Waals surface area (Å²) in [6.07, 6.45) is 11.1. The molecule has 0 unspecified atom stereocenters. The average Bonchev–Trinajstić information content (AvgIpc) is 2.66. The van der Waals surface area contributed by atoms with E-state index in [1.165, 1.54) is 64.5 Å². The van der Waals surface area contributed by atoms with E-state index in [9.17, 15) is 30.1 Å². The summed E-state index contributed by atoms with van der Waals surface area (Å²) < 4.78 is 0. The first-order chi connectivity index (χ1) is 13.3. The van der Waals surface area contributed by atoms with Gasteiger partial charge in [-0.25, -0.2) is 0 Å². The smallest absolute Gasteiger partial charge is 0.346 e. The molecule has 0 atom stereocenters. The number of aromatic carboxylic acids is 1. The summed E-state index contributed by atoms with van der Waals surface area (Å²) in [6, 6.07) is 2.22. The molecule has 1 aromatic rings. The first kappa shape index (κ1) is 25.4. The maximum Gasteiger partial charge on any atom is 0.346 e. The molecule has 28 heavy (non-hydrogen) atoms. The van der Waals surface area contributed by atoms with Crippen LogP contribution in [-0.4, -0.2) is 28.9 Å². The topological polar surface area (TPSA) is 138 Å². The van der Waals surface area contributed by atoms with Crippen LogP contribution >= 0.6 is 0 Å². The molecule has 1 N–H and O–H groups in total. The fourth-order valence-corrected chi connectivity index (χ4v) is 2.41. The van der Waals surface area contributed by atoms with Gasteiger partial charge in [0.1, 0.15) is 0 Å². The number of nitro groups is 2. The highest BCUT2D eigenvalue weighted by Gasteiger charge is 2.24. The number of carbonyl (C=O) groups excluding carboxylic acids is 1. The van der Waals surface area contributed by atoms with Gasteiger partial charge in [-0.3, -0.25) is 20.2 Å². The van der Waals surface area contributed by atoms with Crippen molar-refractivity contribution < 1.29 is 19.7 Å². The van der Waals surface area contributed by atoms with Crippen LogP contribution in [0.15, 0.2) is 18.2 Å². The molecule has 9 heteroatoms. The van der Waals surface area contributed by atoms with E-state index in [1.807, 2.05) is 0 Å². The average molecular weight is 396 g/mol. The van der Waals surface area contributed by atoms with Gasteiger partial charge in [-0.05, 0) is 32.0 Å². The number of carboxylic acids is 1. The molecule has 9 nitrogen and oxygen atoms in total. The molecule has 1 rings (SSSR count). The zero-order chi connectivity index (χ0) is 21.4. The molecule has 0 bridgehead atoms. The number of unbranched alkanes of at least 4 members (excludes halogenated alkanes) is 6. The lowest BCUT2D eigenvalue weighted by Gasteiger charge is -2.03. The van der Waals surface area contributed by atoms with E-state index in [0.29, 0.717) is 6.07 Å². The Hall–Kier alpha value is -2.55. The van der Waals surface area contributed by atoms with E-state index in [1.54, 1.807) is 0 Å². The first-order valence-corrected chi connectivity index (χ1v) is 9.70. The SMILES string of the molecule is CCCCCCCCNCCCC.O=C([O-])c1ccc([N+](=O)[O-])c([N+](=O)[O-])c1. The van der Waals surface area contributed by atoms with E-state index in [4.69, 9.17) is 0 Å². The highest BCUT2D eigenvalue weighted by Crippen LogP contribution is 2.27. The molecular weight excluding hydrogens is 366 g/mol. The Balaban J connectivity index is 0.000000528. The third-order valence-corrected chi connectivity index (χ3v) is 4.02. The standard InChI is InChI=1S/C12H27N.C7H4N2O6/c1-3-5-7-8-9-10-12-13-11-6-4-2;10-7(11)4-1-2-5(8(12)13)6(3-4)9(14)15/h13H,3-12H2,1-2H3;1-3H,(H,10,11)/p-1. The molecule has 0 amide bonds. The molecule has 1 aromatic carbocycles. The second kappa shape index (κ2) is 15.5. The van der Waals surface area contributed by atoms with Crippen molar-refractivity contribution in [2.24, 2.45) is 0 Å². The number of carbonyl (C=O) groups is 1. The molecule has 0 fully saturated rings. The Kier molecular flexibility index (Phi) is 14.1. The highest BCUT2D eigenvalue weighted by atomic mass is 16.6. The van der Waals surface area contributed by atoms with Crippen LogP contribution in [0.1, 0.15) is 75.6 Å². The molecule has 0 aliphatic heterocycles. The van der Waals surface area contributed by atoms with Crippen molar-refractivity contribution in [2.45, 2.75) is 65.2 Å². The van der Waals surface area contributed by atoms with Crippen molar-refractivity contribution >= 4 is 17.3 Å². The second-order valence-corrected chi connectivity index (χ2v) is 6.38. The van der Waals surface area contributed by atoms with Gasteiger partial charge in [0.05, 0.1) is 15.8 Å². The Bertz CT molecular complexity index is 612. The molecule has 0 saturated heterocycles. The Morgan fingerprint density at radius 2 is 1.39 bits per heavy atom. The molecule has 0 aromatic heterocycles. The molecule has 0 spiro atoms. The van der Waals surface area contributed by atoms with Crippen molar-refractivity contribution in [3.05, 3.63) is 44.0 Å². The predicted octanol–water partition coefficient (Wildman–Crippen LogP) is 3.60. The van der Waals surface area contributed by atoms with Crippen molar-refractivity contribution in [3.63, 3.8) is 0 Å². The monoisotopic (exact) mass is 396 g/mol. The van der Waals surface area contributed by atoms with Gasteiger partial charge < -0.3 is 15.2 Å². The number of benzene rings is 1. The number of nitrogens with zero attached hydrogens (tertiary/aromatic N) is 2. The van der Waals surface area contributed by atoms with Crippen LogP contribution in [0.5, 0.6) is 0 Å². The van der Waals surface area contributed by atoms with Gasteiger partial charge in [0, 0.05) is 17.7 Å². The number of nitrogens with one attached hydrogen (secondary N) is 1. The minimum absolute atomic E-state index is 0.479. The Morgan fingerprint density at radius 1 is 0.857 bits per heavy atom. The Labute approximate surface area is 165 Å². The lowest BCUT2D eigenvalue weighted by atomic mass is 10.1. The summed E-state index contributed by atoms with van der Waals surface area (Å²) in [4.78, 5) is 29.1. The fourth-order valence-electron chi connectivity index (χ4n) is 2.41. The van der Waals surface area contributed by atoms with Crippen LogP contribution in [0.2, 0.25) is 0 Å². The normalized spacial score (nSPS) is 10.1. The van der Waals surface area contributed by atoms with Crippen LogP contribution in [-0.2, 0) is 0 Å². The molecule has 0 aliphatic carbocycles. The van der Waals surface area contributed by atoms with Crippen LogP contribution in [0, 0.1) is 20.2 Å². The minimum Gasteiger partial charge on any atom is -0.545 e. The lowest BCUT2D eigenvalue weighted by molar-refractivity contribution is -0.422. The van der Waals surface area contributed by atoms with Gasteiger partial charge in [0.2, 0.25) is 0 Å².